The van der Waals surface area contributed by atoms with Crippen LogP contribution >= 0.6 is 0 Å². The van der Waals surface area contributed by atoms with Gasteiger partial charge in [0.15, 0.2) is 0 Å². The molecule has 3 aliphatic rings. The van der Waals surface area contributed by atoms with Gasteiger partial charge in [-0.2, -0.15) is 0 Å². The quantitative estimate of drug-likeness (QED) is 0.923. The van der Waals surface area contributed by atoms with Crippen LogP contribution in [-0.4, -0.2) is 25.2 Å². The lowest BCUT2D eigenvalue weighted by molar-refractivity contribution is 0.250. The molecule has 1 heterocycles. The van der Waals surface area contributed by atoms with Crippen LogP contribution in [0.3, 0.4) is 0 Å². The number of allylic oxidation sites excluding steroid dienone is 1. The lowest BCUT2D eigenvalue weighted by Gasteiger charge is -2.31. The molecule has 4 atom stereocenters. The third kappa shape index (κ3) is 2.77. The molecule has 0 aromatic heterocycles. The van der Waals surface area contributed by atoms with Gasteiger partial charge >= 0.3 is 0 Å². The maximum Gasteiger partial charge on any atom is 0.285 e. The number of hydrogen-bond donors (Lipinski definition) is 1. The number of ether oxygens (including phenoxy) is 1. The first kappa shape index (κ1) is 13.9. The lowest BCUT2D eigenvalue weighted by atomic mass is 9.82. The second-order valence-corrected chi connectivity index (χ2v) is 6.75. The van der Waals surface area contributed by atoms with Gasteiger partial charge in [-0.1, -0.05) is 42.5 Å². The normalized spacial score (nSPS) is 33.2. The lowest BCUT2D eigenvalue weighted by Crippen LogP contribution is -2.44. The molecule has 0 unspecified atom stereocenters. The fourth-order valence-corrected chi connectivity index (χ4v) is 4.46. The first-order valence-corrected chi connectivity index (χ1v) is 8.55. The molecule has 2 aliphatic carbocycles. The molecule has 1 aromatic rings. The van der Waals surface area contributed by atoms with Crippen molar-refractivity contribution in [1.29, 1.82) is 0 Å². The average molecular weight is 296 g/mol. The van der Waals surface area contributed by atoms with Crippen molar-refractivity contribution in [2.45, 2.75) is 31.7 Å². The molecule has 1 aromatic carbocycles. The summed E-state index contributed by atoms with van der Waals surface area (Å²) in [7, 11) is 0. The van der Waals surface area contributed by atoms with E-state index in [0.29, 0.717) is 6.04 Å². The molecule has 2 saturated carbocycles. The first-order valence-electron chi connectivity index (χ1n) is 8.55. The topological polar surface area (TPSA) is 33.6 Å². The van der Waals surface area contributed by atoms with Crippen LogP contribution in [0.5, 0.6) is 0 Å². The number of benzene rings is 1. The summed E-state index contributed by atoms with van der Waals surface area (Å²) >= 11 is 0. The highest BCUT2D eigenvalue weighted by molar-refractivity contribution is 5.75. The molecule has 2 bridgehead atoms. The van der Waals surface area contributed by atoms with E-state index in [0.717, 1.165) is 43.3 Å². The summed E-state index contributed by atoms with van der Waals surface area (Å²) in [5.74, 6) is 2.42. The van der Waals surface area contributed by atoms with Crippen LogP contribution in [0.2, 0.25) is 0 Å². The number of aliphatic imine (C=N–C) groups is 1. The Morgan fingerprint density at radius 3 is 2.86 bits per heavy atom. The maximum atomic E-state index is 5.57. The molecule has 2 fully saturated rings. The highest BCUT2D eigenvalue weighted by Gasteiger charge is 2.47. The summed E-state index contributed by atoms with van der Waals surface area (Å²) in [4.78, 5) is 4.41. The monoisotopic (exact) mass is 296 g/mol. The van der Waals surface area contributed by atoms with E-state index in [9.17, 15) is 0 Å². The number of nitrogens with one attached hydrogen (secondary N) is 1. The van der Waals surface area contributed by atoms with Crippen LogP contribution in [0, 0.1) is 17.8 Å². The Hall–Kier alpha value is -1.77. The molecule has 3 heteroatoms. The van der Waals surface area contributed by atoms with Gasteiger partial charge in [0.05, 0.1) is 6.54 Å². The van der Waals surface area contributed by atoms with Crippen molar-refractivity contribution in [3.63, 3.8) is 0 Å². The van der Waals surface area contributed by atoms with Gasteiger partial charge in [-0.25, -0.2) is 4.99 Å². The van der Waals surface area contributed by atoms with Gasteiger partial charge in [0.2, 0.25) is 0 Å². The van der Waals surface area contributed by atoms with Gasteiger partial charge in [0, 0.05) is 6.04 Å². The summed E-state index contributed by atoms with van der Waals surface area (Å²) in [6.07, 6.45) is 9.92. The van der Waals surface area contributed by atoms with Crippen molar-refractivity contribution in [2.24, 2.45) is 22.7 Å². The minimum atomic E-state index is 0.552. The van der Waals surface area contributed by atoms with E-state index in [-0.39, 0.29) is 0 Å². The fraction of sp³-hybridized carbons (Fsp3) is 0.526. The molecule has 0 amide bonds. The molecule has 1 aliphatic heterocycles. The number of fused-ring (bicyclic) bond motifs is 2. The van der Waals surface area contributed by atoms with E-state index < -0.39 is 0 Å². The summed E-state index contributed by atoms with van der Waals surface area (Å²) in [5, 5.41) is 3.60. The van der Waals surface area contributed by atoms with E-state index in [4.69, 9.17) is 4.74 Å². The molecule has 1 N–H and O–H groups in total. The van der Waals surface area contributed by atoms with E-state index in [1.54, 1.807) is 0 Å². The standard InChI is InChI=1S/C19H24N2O/c1-2-5-14(6-3-1)7-4-8-17-15-9-10-16(13-15)18(17)21-19-20-11-12-22-19/h1-7,15-18H,8-13H2,(H,20,21)/b7-4+/t15-,16+,17+,18-/m0/s1. The van der Waals surface area contributed by atoms with Crippen LogP contribution in [0.4, 0.5) is 0 Å². The predicted octanol–water partition coefficient (Wildman–Crippen LogP) is 3.48. The Bertz CT molecular complexity index is 566. The number of rotatable bonds is 4. The Morgan fingerprint density at radius 2 is 2.05 bits per heavy atom. The molecular formula is C19H24N2O. The molecule has 0 spiro atoms. The molecular weight excluding hydrogens is 272 g/mol. The van der Waals surface area contributed by atoms with Gasteiger partial charge in [0.1, 0.15) is 6.61 Å². The summed E-state index contributed by atoms with van der Waals surface area (Å²) in [5.41, 5.74) is 1.29. The zero-order valence-corrected chi connectivity index (χ0v) is 12.9. The van der Waals surface area contributed by atoms with Gasteiger partial charge in [-0.3, -0.25) is 0 Å². The van der Waals surface area contributed by atoms with Crippen molar-refractivity contribution in [3.05, 3.63) is 42.0 Å². The van der Waals surface area contributed by atoms with Crippen molar-refractivity contribution in [3.8, 4) is 0 Å². The number of nitrogens with zero attached hydrogens (tertiary/aromatic N) is 1. The SMILES string of the molecule is C(=C\c1ccccc1)/C[C@@H]1[C@H]2CC[C@H](C2)[C@@H]1NC1=NCCO1. The highest BCUT2D eigenvalue weighted by atomic mass is 16.5. The van der Waals surface area contributed by atoms with E-state index >= 15 is 0 Å². The van der Waals surface area contributed by atoms with Crippen molar-refractivity contribution in [2.75, 3.05) is 13.2 Å². The molecule has 22 heavy (non-hydrogen) atoms. The van der Waals surface area contributed by atoms with Gasteiger partial charge < -0.3 is 10.1 Å². The second kappa shape index (κ2) is 6.15. The minimum absolute atomic E-state index is 0.552. The molecule has 0 saturated heterocycles. The summed E-state index contributed by atoms with van der Waals surface area (Å²) < 4.78 is 5.57. The predicted molar refractivity (Wildman–Crippen MR) is 89.6 cm³/mol. The van der Waals surface area contributed by atoms with Crippen LogP contribution in [-0.2, 0) is 4.74 Å². The fourth-order valence-electron chi connectivity index (χ4n) is 4.46. The Balaban J connectivity index is 1.41. The van der Waals surface area contributed by atoms with E-state index in [1.807, 2.05) is 0 Å². The smallest absolute Gasteiger partial charge is 0.285 e. The van der Waals surface area contributed by atoms with Gasteiger partial charge in [-0.05, 0) is 49.0 Å². The Kier molecular flexibility index (Phi) is 3.88. The summed E-state index contributed by atoms with van der Waals surface area (Å²) in [6.45, 7) is 1.55. The summed E-state index contributed by atoms with van der Waals surface area (Å²) in [6, 6.07) is 11.9. The Morgan fingerprint density at radius 1 is 1.18 bits per heavy atom. The molecule has 116 valence electrons. The van der Waals surface area contributed by atoms with Crippen molar-refractivity contribution in [1.82, 2.24) is 5.32 Å². The third-order valence-corrected chi connectivity index (χ3v) is 5.48. The van der Waals surface area contributed by atoms with Crippen LogP contribution < -0.4 is 5.32 Å². The zero-order chi connectivity index (χ0) is 14.8. The van der Waals surface area contributed by atoms with Crippen molar-refractivity contribution < 1.29 is 4.74 Å². The van der Waals surface area contributed by atoms with Crippen LogP contribution in [0.15, 0.2) is 41.4 Å². The number of hydrogen-bond acceptors (Lipinski definition) is 3. The average Bonchev–Trinajstić information content (AvgIpc) is 3.27. The van der Waals surface area contributed by atoms with Crippen molar-refractivity contribution >= 4 is 12.1 Å². The van der Waals surface area contributed by atoms with Crippen LogP contribution in [0.1, 0.15) is 31.2 Å². The van der Waals surface area contributed by atoms with Gasteiger partial charge in [-0.15, -0.1) is 0 Å². The number of amidine groups is 1. The second-order valence-electron chi connectivity index (χ2n) is 6.75. The Labute approximate surface area is 132 Å². The molecule has 4 rings (SSSR count). The first-order chi connectivity index (χ1) is 10.9. The van der Waals surface area contributed by atoms with Gasteiger partial charge in [0.25, 0.3) is 6.02 Å². The van der Waals surface area contributed by atoms with Crippen LogP contribution in [0.25, 0.3) is 6.08 Å². The highest BCUT2D eigenvalue weighted by Crippen LogP contribution is 2.50. The maximum absolute atomic E-state index is 5.57. The van der Waals surface area contributed by atoms with E-state index in [1.165, 1.54) is 24.8 Å². The minimum Gasteiger partial charge on any atom is -0.463 e. The molecule has 3 nitrogen and oxygen atoms in total. The molecule has 0 radical (unpaired) electrons. The zero-order valence-electron chi connectivity index (χ0n) is 12.9. The van der Waals surface area contributed by atoms with E-state index in [2.05, 4.69) is 52.8 Å². The largest absolute Gasteiger partial charge is 0.463 e. The third-order valence-electron chi connectivity index (χ3n) is 5.48.